The van der Waals surface area contributed by atoms with Crippen molar-refractivity contribution in [3.63, 3.8) is 0 Å². The first-order chi connectivity index (χ1) is 8.16. The molecule has 0 aliphatic heterocycles. The number of carboxylic acids is 1. The van der Waals surface area contributed by atoms with Gasteiger partial charge in [0, 0.05) is 13.2 Å². The molecule has 0 bridgehead atoms. The van der Waals surface area contributed by atoms with Gasteiger partial charge in [0.15, 0.2) is 0 Å². The summed E-state index contributed by atoms with van der Waals surface area (Å²) in [5.41, 5.74) is 0.808. The number of hydrogen-bond acceptors (Lipinski definition) is 5. The summed E-state index contributed by atoms with van der Waals surface area (Å²) in [6.07, 6.45) is 1.63. The predicted octanol–water partition coefficient (Wildman–Crippen LogP) is 1.73. The van der Waals surface area contributed by atoms with Crippen molar-refractivity contribution in [2.45, 2.75) is 0 Å². The first-order valence-corrected chi connectivity index (χ1v) is 5.84. The van der Waals surface area contributed by atoms with E-state index in [9.17, 15) is 4.79 Å². The molecule has 0 saturated carbocycles. The van der Waals surface area contributed by atoms with Crippen molar-refractivity contribution in [3.05, 3.63) is 29.8 Å². The van der Waals surface area contributed by atoms with Crippen LogP contribution in [-0.2, 0) is 4.79 Å². The molecule has 0 atom stereocenters. The van der Waals surface area contributed by atoms with Gasteiger partial charge in [0.1, 0.15) is 6.54 Å². The van der Waals surface area contributed by atoms with Gasteiger partial charge in [-0.1, -0.05) is 6.07 Å². The maximum atomic E-state index is 10.6. The Hall–Kier alpha value is -1.95. The zero-order chi connectivity index (χ0) is 12.3. The average Bonchev–Trinajstić information content (AvgIpc) is 2.82. The van der Waals surface area contributed by atoms with Crippen LogP contribution in [0, 0.1) is 0 Å². The van der Waals surface area contributed by atoms with Gasteiger partial charge in [0.25, 0.3) is 0 Å². The third-order valence-electron chi connectivity index (χ3n) is 2.13. The molecule has 2 aromatic rings. The van der Waals surface area contributed by atoms with E-state index in [1.807, 2.05) is 23.6 Å². The Bertz CT molecular complexity index is 513. The predicted molar refractivity (Wildman–Crippen MR) is 66.3 cm³/mol. The van der Waals surface area contributed by atoms with Gasteiger partial charge in [-0.15, -0.1) is 11.3 Å². The fraction of sp³-hybridized carbons (Fsp3) is 0.182. The van der Waals surface area contributed by atoms with Crippen LogP contribution in [-0.4, -0.2) is 34.6 Å². The van der Waals surface area contributed by atoms with Crippen LogP contribution < -0.4 is 4.90 Å². The lowest BCUT2D eigenvalue weighted by Crippen LogP contribution is -2.26. The standard InChI is InChI=1S/C11H11N3O2S/c1-14(7-10(15)16)11-12-5-4-8(13-11)9-3-2-6-17-9/h2-6H,7H2,1H3,(H,15,16). The lowest BCUT2D eigenvalue weighted by Gasteiger charge is -2.14. The summed E-state index contributed by atoms with van der Waals surface area (Å²) in [6.45, 7) is -0.117. The normalized spacial score (nSPS) is 10.2. The highest BCUT2D eigenvalue weighted by molar-refractivity contribution is 7.13. The molecule has 0 aliphatic carbocycles. The molecule has 0 radical (unpaired) electrons. The Labute approximate surface area is 102 Å². The Kier molecular flexibility index (Phi) is 3.34. The van der Waals surface area contributed by atoms with Crippen LogP contribution >= 0.6 is 11.3 Å². The Balaban J connectivity index is 2.25. The van der Waals surface area contributed by atoms with Crippen LogP contribution in [0.15, 0.2) is 29.8 Å². The molecule has 5 nitrogen and oxygen atoms in total. The SMILES string of the molecule is CN(CC(=O)O)c1nccc(-c2cccs2)n1. The molecule has 0 saturated heterocycles. The highest BCUT2D eigenvalue weighted by atomic mass is 32.1. The number of anilines is 1. The molecule has 2 rings (SSSR count). The number of aromatic nitrogens is 2. The highest BCUT2D eigenvalue weighted by Crippen LogP contribution is 2.23. The minimum absolute atomic E-state index is 0.117. The highest BCUT2D eigenvalue weighted by Gasteiger charge is 2.09. The van der Waals surface area contributed by atoms with Crippen LogP contribution in [0.2, 0.25) is 0 Å². The van der Waals surface area contributed by atoms with Gasteiger partial charge in [-0.05, 0) is 17.5 Å². The molecule has 0 spiro atoms. The second-order valence-corrected chi connectivity index (χ2v) is 4.42. The zero-order valence-electron chi connectivity index (χ0n) is 9.20. The molecule has 6 heteroatoms. The second-order valence-electron chi connectivity index (χ2n) is 3.47. The Morgan fingerprint density at radius 3 is 3.00 bits per heavy atom. The molecule has 1 N–H and O–H groups in total. The van der Waals surface area contributed by atoms with E-state index in [4.69, 9.17) is 5.11 Å². The maximum absolute atomic E-state index is 10.6. The van der Waals surface area contributed by atoms with E-state index in [1.54, 1.807) is 24.6 Å². The van der Waals surface area contributed by atoms with Crippen LogP contribution in [0.5, 0.6) is 0 Å². The summed E-state index contributed by atoms with van der Waals surface area (Å²) < 4.78 is 0. The monoisotopic (exact) mass is 249 g/mol. The lowest BCUT2D eigenvalue weighted by molar-refractivity contribution is -0.135. The van der Waals surface area contributed by atoms with Crippen molar-refractivity contribution in [1.82, 2.24) is 9.97 Å². The summed E-state index contributed by atoms with van der Waals surface area (Å²) in [5, 5.41) is 10.7. The van der Waals surface area contributed by atoms with Crippen LogP contribution in [0.3, 0.4) is 0 Å². The van der Waals surface area contributed by atoms with Crippen molar-refractivity contribution in [3.8, 4) is 10.6 Å². The molecule has 0 unspecified atom stereocenters. The van der Waals surface area contributed by atoms with E-state index in [-0.39, 0.29) is 6.54 Å². The van der Waals surface area contributed by atoms with Gasteiger partial charge < -0.3 is 10.0 Å². The van der Waals surface area contributed by atoms with E-state index in [2.05, 4.69) is 9.97 Å². The first kappa shape index (κ1) is 11.5. The number of hydrogen-bond donors (Lipinski definition) is 1. The quantitative estimate of drug-likeness (QED) is 0.893. The van der Waals surface area contributed by atoms with Crippen molar-refractivity contribution in [2.24, 2.45) is 0 Å². The van der Waals surface area contributed by atoms with E-state index >= 15 is 0 Å². The van der Waals surface area contributed by atoms with Crippen LogP contribution in [0.25, 0.3) is 10.6 Å². The average molecular weight is 249 g/mol. The molecule has 0 fully saturated rings. The third kappa shape index (κ3) is 2.79. The molecule has 17 heavy (non-hydrogen) atoms. The summed E-state index contributed by atoms with van der Waals surface area (Å²) in [6, 6.07) is 5.72. The summed E-state index contributed by atoms with van der Waals surface area (Å²) in [4.78, 5) is 21.5. The second kappa shape index (κ2) is 4.92. The molecule has 2 aromatic heterocycles. The van der Waals surface area contributed by atoms with Gasteiger partial charge in [-0.3, -0.25) is 4.79 Å². The maximum Gasteiger partial charge on any atom is 0.323 e. The minimum atomic E-state index is -0.905. The smallest absolute Gasteiger partial charge is 0.323 e. The van der Waals surface area contributed by atoms with Gasteiger partial charge in [-0.25, -0.2) is 9.97 Å². The molecule has 0 aromatic carbocycles. The van der Waals surface area contributed by atoms with E-state index in [0.29, 0.717) is 5.95 Å². The Morgan fingerprint density at radius 1 is 1.53 bits per heavy atom. The van der Waals surface area contributed by atoms with Gasteiger partial charge in [0.2, 0.25) is 5.95 Å². The van der Waals surface area contributed by atoms with Gasteiger partial charge in [0.05, 0.1) is 10.6 Å². The molecular formula is C11H11N3O2S. The number of thiophene rings is 1. The van der Waals surface area contributed by atoms with Crippen molar-refractivity contribution < 1.29 is 9.90 Å². The van der Waals surface area contributed by atoms with Crippen LogP contribution in [0.4, 0.5) is 5.95 Å². The number of nitrogens with zero attached hydrogens (tertiary/aromatic N) is 3. The lowest BCUT2D eigenvalue weighted by atomic mass is 10.3. The number of rotatable bonds is 4. The van der Waals surface area contributed by atoms with Crippen molar-refractivity contribution >= 4 is 23.3 Å². The largest absolute Gasteiger partial charge is 0.480 e. The topological polar surface area (TPSA) is 66.3 Å². The first-order valence-electron chi connectivity index (χ1n) is 4.96. The van der Waals surface area contributed by atoms with E-state index in [1.165, 1.54) is 4.90 Å². The van der Waals surface area contributed by atoms with E-state index in [0.717, 1.165) is 10.6 Å². The minimum Gasteiger partial charge on any atom is -0.480 e. The fourth-order valence-electron chi connectivity index (χ4n) is 1.37. The summed E-state index contributed by atoms with van der Waals surface area (Å²) >= 11 is 1.59. The fourth-order valence-corrected chi connectivity index (χ4v) is 2.06. The molecule has 0 aliphatic rings. The molecule has 88 valence electrons. The Morgan fingerprint density at radius 2 is 2.35 bits per heavy atom. The molecular weight excluding hydrogens is 238 g/mol. The number of aliphatic carboxylic acids is 1. The summed E-state index contributed by atoms with van der Waals surface area (Å²) in [7, 11) is 1.65. The van der Waals surface area contributed by atoms with Crippen molar-refractivity contribution in [1.29, 1.82) is 0 Å². The van der Waals surface area contributed by atoms with Gasteiger partial charge in [-0.2, -0.15) is 0 Å². The van der Waals surface area contributed by atoms with Gasteiger partial charge >= 0.3 is 5.97 Å². The zero-order valence-corrected chi connectivity index (χ0v) is 10.0. The number of carboxylic acid groups (broad SMARTS) is 1. The third-order valence-corrected chi connectivity index (χ3v) is 3.02. The summed E-state index contributed by atoms with van der Waals surface area (Å²) in [5.74, 6) is -0.490. The number of likely N-dealkylation sites (N-methyl/N-ethyl adjacent to an activating group) is 1. The molecule has 0 amide bonds. The van der Waals surface area contributed by atoms with Crippen molar-refractivity contribution in [2.75, 3.05) is 18.5 Å². The molecule has 2 heterocycles. The number of carbonyl (C=O) groups is 1. The van der Waals surface area contributed by atoms with E-state index < -0.39 is 5.97 Å². The van der Waals surface area contributed by atoms with Crippen LogP contribution in [0.1, 0.15) is 0 Å².